The average Bonchev–Trinajstić information content (AvgIpc) is 3.00. The van der Waals surface area contributed by atoms with Crippen LogP contribution in [0.4, 0.5) is 0 Å². The van der Waals surface area contributed by atoms with Gasteiger partial charge in [0.2, 0.25) is 0 Å². The van der Waals surface area contributed by atoms with E-state index in [1.165, 1.54) is 0 Å². The molecule has 0 aliphatic carbocycles. The number of guanidine groups is 1. The van der Waals surface area contributed by atoms with Crippen molar-refractivity contribution in [3.63, 3.8) is 0 Å². The number of thioether (sulfide) groups is 1. The summed E-state index contributed by atoms with van der Waals surface area (Å²) in [6.07, 6.45) is 3.75. The number of aromatic nitrogens is 1. The second-order valence-electron chi connectivity index (χ2n) is 4.98. The highest BCUT2D eigenvalue weighted by Crippen LogP contribution is 2.07. The first-order valence-corrected chi connectivity index (χ1v) is 8.86. The van der Waals surface area contributed by atoms with Crippen molar-refractivity contribution in [2.45, 2.75) is 13.5 Å². The Morgan fingerprint density at radius 2 is 2.18 bits per heavy atom. The number of hydrogen-bond acceptors (Lipinski definition) is 5. The van der Waals surface area contributed by atoms with Crippen LogP contribution in [0.5, 0.6) is 0 Å². The zero-order chi connectivity index (χ0) is 14.9. The zero-order valence-corrected chi connectivity index (χ0v) is 16.5. The number of halogens is 1. The molecule has 1 fully saturated rings. The SMILES string of the molecule is CCNC(=NCCSC)N1CCN(Cc2ccon2)CC1.I. The minimum absolute atomic E-state index is 0. The number of rotatable bonds is 6. The van der Waals surface area contributed by atoms with Crippen molar-refractivity contribution in [3.05, 3.63) is 18.0 Å². The zero-order valence-electron chi connectivity index (χ0n) is 13.3. The molecule has 1 aromatic rings. The second kappa shape index (κ2) is 11.1. The molecule has 1 aliphatic heterocycles. The van der Waals surface area contributed by atoms with Crippen LogP contribution in [-0.4, -0.2) is 72.2 Å². The van der Waals surface area contributed by atoms with Crippen molar-refractivity contribution in [2.75, 3.05) is 51.3 Å². The van der Waals surface area contributed by atoms with Gasteiger partial charge in [-0.1, -0.05) is 5.16 Å². The van der Waals surface area contributed by atoms with Crippen molar-refractivity contribution in [1.29, 1.82) is 0 Å². The van der Waals surface area contributed by atoms with E-state index in [1.54, 1.807) is 6.26 Å². The first kappa shape index (κ1) is 19.6. The summed E-state index contributed by atoms with van der Waals surface area (Å²) < 4.78 is 4.88. The van der Waals surface area contributed by atoms with Gasteiger partial charge in [0.1, 0.15) is 6.26 Å². The quantitative estimate of drug-likeness (QED) is 0.316. The standard InChI is InChI=1S/C14H25N5OS.HI/c1-3-15-14(16-5-11-21-2)19-8-6-18(7-9-19)12-13-4-10-20-17-13;/h4,10H,3,5-9,11-12H2,1-2H3,(H,15,16);1H. The fraction of sp³-hybridized carbons (Fsp3) is 0.714. The van der Waals surface area contributed by atoms with Gasteiger partial charge in [0, 0.05) is 51.1 Å². The van der Waals surface area contributed by atoms with E-state index in [2.05, 4.69) is 33.5 Å². The molecule has 2 rings (SSSR count). The lowest BCUT2D eigenvalue weighted by molar-refractivity contribution is 0.169. The largest absolute Gasteiger partial charge is 0.364 e. The van der Waals surface area contributed by atoms with Crippen LogP contribution in [0.2, 0.25) is 0 Å². The lowest BCUT2D eigenvalue weighted by Gasteiger charge is -2.36. The van der Waals surface area contributed by atoms with E-state index < -0.39 is 0 Å². The number of nitrogens with one attached hydrogen (secondary N) is 1. The Morgan fingerprint density at radius 3 is 2.77 bits per heavy atom. The van der Waals surface area contributed by atoms with Crippen LogP contribution in [0.15, 0.2) is 21.8 Å². The van der Waals surface area contributed by atoms with Gasteiger partial charge in [0.15, 0.2) is 5.96 Å². The molecular weight excluding hydrogens is 413 g/mol. The van der Waals surface area contributed by atoms with Gasteiger partial charge >= 0.3 is 0 Å². The molecule has 6 nitrogen and oxygen atoms in total. The van der Waals surface area contributed by atoms with Crippen molar-refractivity contribution in [3.8, 4) is 0 Å². The van der Waals surface area contributed by atoms with Crippen LogP contribution in [0.1, 0.15) is 12.6 Å². The molecule has 0 spiro atoms. The number of aliphatic imine (C=N–C) groups is 1. The summed E-state index contributed by atoms with van der Waals surface area (Å²) in [5.41, 5.74) is 1.00. The van der Waals surface area contributed by atoms with E-state index in [4.69, 9.17) is 9.52 Å². The maximum Gasteiger partial charge on any atom is 0.194 e. The van der Waals surface area contributed by atoms with Gasteiger partial charge in [0.25, 0.3) is 0 Å². The molecule has 1 N–H and O–H groups in total. The van der Waals surface area contributed by atoms with Crippen LogP contribution in [0.25, 0.3) is 0 Å². The predicted molar refractivity (Wildman–Crippen MR) is 103 cm³/mol. The molecule has 0 amide bonds. The molecule has 22 heavy (non-hydrogen) atoms. The van der Waals surface area contributed by atoms with Crippen LogP contribution in [0, 0.1) is 0 Å². The Balaban J connectivity index is 0.00000242. The normalized spacial score (nSPS) is 16.5. The van der Waals surface area contributed by atoms with Gasteiger partial charge in [0.05, 0.1) is 12.2 Å². The molecule has 0 atom stereocenters. The molecule has 1 saturated heterocycles. The molecule has 2 heterocycles. The fourth-order valence-electron chi connectivity index (χ4n) is 2.33. The Labute approximate surface area is 154 Å². The first-order chi connectivity index (χ1) is 10.3. The van der Waals surface area contributed by atoms with E-state index >= 15 is 0 Å². The van der Waals surface area contributed by atoms with Gasteiger partial charge in [-0.3, -0.25) is 9.89 Å². The molecule has 0 bridgehead atoms. The molecule has 126 valence electrons. The van der Waals surface area contributed by atoms with E-state index in [1.807, 2.05) is 17.8 Å². The minimum Gasteiger partial charge on any atom is -0.364 e. The Kier molecular flexibility index (Phi) is 9.89. The van der Waals surface area contributed by atoms with Crippen molar-refractivity contribution < 1.29 is 4.52 Å². The minimum atomic E-state index is 0. The molecule has 1 aromatic heterocycles. The number of nitrogens with zero attached hydrogens (tertiary/aromatic N) is 4. The predicted octanol–water partition coefficient (Wildman–Crippen LogP) is 1.74. The van der Waals surface area contributed by atoms with E-state index in [0.29, 0.717) is 0 Å². The van der Waals surface area contributed by atoms with Gasteiger partial charge in [-0.25, -0.2) is 0 Å². The van der Waals surface area contributed by atoms with E-state index in [9.17, 15) is 0 Å². The van der Waals surface area contributed by atoms with Crippen molar-refractivity contribution in [2.24, 2.45) is 4.99 Å². The Hall–Kier alpha value is -0.480. The van der Waals surface area contributed by atoms with Crippen LogP contribution in [0.3, 0.4) is 0 Å². The number of hydrogen-bond donors (Lipinski definition) is 1. The van der Waals surface area contributed by atoms with Crippen LogP contribution < -0.4 is 5.32 Å². The van der Waals surface area contributed by atoms with Crippen molar-refractivity contribution in [1.82, 2.24) is 20.3 Å². The smallest absolute Gasteiger partial charge is 0.194 e. The van der Waals surface area contributed by atoms with Crippen LogP contribution in [-0.2, 0) is 6.54 Å². The average molecular weight is 439 g/mol. The second-order valence-corrected chi connectivity index (χ2v) is 5.97. The lowest BCUT2D eigenvalue weighted by Crippen LogP contribution is -2.52. The lowest BCUT2D eigenvalue weighted by atomic mass is 10.3. The highest BCUT2D eigenvalue weighted by molar-refractivity contribution is 14.0. The van der Waals surface area contributed by atoms with Gasteiger partial charge in [-0.2, -0.15) is 11.8 Å². The maximum absolute atomic E-state index is 4.88. The summed E-state index contributed by atoms with van der Waals surface area (Å²) in [4.78, 5) is 9.45. The van der Waals surface area contributed by atoms with E-state index in [-0.39, 0.29) is 24.0 Å². The topological polar surface area (TPSA) is 56.9 Å². The summed E-state index contributed by atoms with van der Waals surface area (Å²) >= 11 is 1.83. The van der Waals surface area contributed by atoms with Gasteiger partial charge in [-0.05, 0) is 13.2 Å². The summed E-state index contributed by atoms with van der Waals surface area (Å²) in [6.45, 7) is 8.83. The first-order valence-electron chi connectivity index (χ1n) is 7.47. The third-order valence-corrected chi connectivity index (χ3v) is 4.03. The van der Waals surface area contributed by atoms with Crippen molar-refractivity contribution >= 4 is 41.7 Å². The summed E-state index contributed by atoms with van der Waals surface area (Å²) in [7, 11) is 0. The summed E-state index contributed by atoms with van der Waals surface area (Å²) in [5.74, 6) is 2.12. The fourth-order valence-corrected chi connectivity index (χ4v) is 2.61. The Morgan fingerprint density at radius 1 is 1.41 bits per heavy atom. The molecular formula is C14H26IN5OS. The van der Waals surface area contributed by atoms with Gasteiger partial charge < -0.3 is 14.7 Å². The monoisotopic (exact) mass is 439 g/mol. The summed E-state index contributed by atoms with van der Waals surface area (Å²) in [5, 5.41) is 7.37. The Bertz CT molecular complexity index is 421. The molecule has 0 aromatic carbocycles. The molecule has 0 radical (unpaired) electrons. The third kappa shape index (κ3) is 6.33. The molecule has 1 aliphatic rings. The molecule has 0 saturated carbocycles. The van der Waals surface area contributed by atoms with E-state index in [0.717, 1.165) is 63.2 Å². The van der Waals surface area contributed by atoms with Crippen LogP contribution >= 0.6 is 35.7 Å². The maximum atomic E-state index is 4.88. The highest BCUT2D eigenvalue weighted by Gasteiger charge is 2.20. The number of piperazine rings is 1. The molecule has 8 heteroatoms. The third-order valence-electron chi connectivity index (χ3n) is 3.44. The molecule has 0 unspecified atom stereocenters. The van der Waals surface area contributed by atoms with Gasteiger partial charge in [-0.15, -0.1) is 24.0 Å². The highest BCUT2D eigenvalue weighted by atomic mass is 127. The summed E-state index contributed by atoms with van der Waals surface area (Å²) in [6, 6.07) is 1.93.